The SMILES string of the molecule is O=C(c1cccnc1F)N1CCCC1c1ccccc1. The van der Waals surface area contributed by atoms with Crippen LogP contribution in [-0.2, 0) is 0 Å². The van der Waals surface area contributed by atoms with Crippen LogP contribution in [0.3, 0.4) is 0 Å². The lowest BCUT2D eigenvalue weighted by atomic mass is 10.0. The Bertz CT molecular complexity index is 615. The molecule has 1 saturated heterocycles. The highest BCUT2D eigenvalue weighted by Crippen LogP contribution is 2.33. The van der Waals surface area contributed by atoms with Crippen LogP contribution in [0.5, 0.6) is 0 Å². The summed E-state index contributed by atoms with van der Waals surface area (Å²) in [6.07, 6.45) is 3.20. The third-order valence-corrected chi connectivity index (χ3v) is 3.69. The van der Waals surface area contributed by atoms with E-state index in [1.165, 1.54) is 12.3 Å². The first-order chi connectivity index (χ1) is 9.77. The van der Waals surface area contributed by atoms with E-state index >= 15 is 0 Å². The van der Waals surface area contributed by atoms with Crippen molar-refractivity contribution < 1.29 is 9.18 Å². The minimum Gasteiger partial charge on any atom is -0.331 e. The molecule has 0 radical (unpaired) electrons. The Kier molecular flexibility index (Phi) is 3.46. The smallest absolute Gasteiger partial charge is 0.259 e. The molecule has 3 nitrogen and oxygen atoms in total. The van der Waals surface area contributed by atoms with E-state index in [0.29, 0.717) is 6.54 Å². The van der Waals surface area contributed by atoms with Crippen LogP contribution in [0, 0.1) is 5.95 Å². The Morgan fingerprint density at radius 3 is 2.75 bits per heavy atom. The summed E-state index contributed by atoms with van der Waals surface area (Å²) in [5.41, 5.74) is 1.15. The van der Waals surface area contributed by atoms with Gasteiger partial charge in [0.15, 0.2) is 0 Å². The molecule has 20 heavy (non-hydrogen) atoms. The average molecular weight is 270 g/mol. The van der Waals surface area contributed by atoms with Crippen molar-refractivity contribution >= 4 is 5.91 Å². The number of aromatic nitrogens is 1. The number of nitrogens with zero attached hydrogens (tertiary/aromatic N) is 2. The van der Waals surface area contributed by atoms with Gasteiger partial charge < -0.3 is 4.90 Å². The van der Waals surface area contributed by atoms with Gasteiger partial charge in [0.1, 0.15) is 0 Å². The van der Waals surface area contributed by atoms with Crippen molar-refractivity contribution in [3.63, 3.8) is 0 Å². The summed E-state index contributed by atoms with van der Waals surface area (Å²) in [4.78, 5) is 17.8. The highest BCUT2D eigenvalue weighted by molar-refractivity contribution is 5.94. The lowest BCUT2D eigenvalue weighted by Gasteiger charge is -2.25. The Morgan fingerprint density at radius 2 is 2.00 bits per heavy atom. The summed E-state index contributed by atoms with van der Waals surface area (Å²) in [5, 5.41) is 0. The van der Waals surface area contributed by atoms with Crippen molar-refractivity contribution in [3.8, 4) is 0 Å². The highest BCUT2D eigenvalue weighted by atomic mass is 19.1. The molecule has 102 valence electrons. The van der Waals surface area contributed by atoms with Crippen LogP contribution in [0.2, 0.25) is 0 Å². The van der Waals surface area contributed by atoms with Gasteiger partial charge in [0.2, 0.25) is 5.95 Å². The Labute approximate surface area is 117 Å². The van der Waals surface area contributed by atoms with Gasteiger partial charge >= 0.3 is 0 Å². The first-order valence-corrected chi connectivity index (χ1v) is 6.74. The molecule has 4 heteroatoms. The zero-order chi connectivity index (χ0) is 13.9. The molecular formula is C16H15FN2O. The predicted molar refractivity (Wildman–Crippen MR) is 73.6 cm³/mol. The quantitative estimate of drug-likeness (QED) is 0.785. The molecule has 1 amide bonds. The second-order valence-electron chi connectivity index (χ2n) is 4.91. The normalized spacial score (nSPS) is 18.2. The van der Waals surface area contributed by atoms with Crippen molar-refractivity contribution in [1.82, 2.24) is 9.88 Å². The Hall–Kier alpha value is -2.23. The second kappa shape index (κ2) is 5.41. The molecule has 3 rings (SSSR count). The first-order valence-electron chi connectivity index (χ1n) is 6.74. The maximum atomic E-state index is 13.7. The summed E-state index contributed by atoms with van der Waals surface area (Å²) in [6, 6.07) is 13.0. The molecule has 1 atom stereocenters. The number of amides is 1. The fraction of sp³-hybridized carbons (Fsp3) is 0.250. The molecular weight excluding hydrogens is 255 g/mol. The number of likely N-dealkylation sites (tertiary alicyclic amines) is 1. The lowest BCUT2D eigenvalue weighted by Crippen LogP contribution is -2.31. The fourth-order valence-electron chi connectivity index (χ4n) is 2.73. The third kappa shape index (κ3) is 2.29. The van der Waals surface area contributed by atoms with Crippen LogP contribution in [0.4, 0.5) is 4.39 Å². The van der Waals surface area contributed by atoms with E-state index in [2.05, 4.69) is 4.98 Å². The summed E-state index contributed by atoms with van der Waals surface area (Å²) < 4.78 is 13.7. The van der Waals surface area contributed by atoms with Gasteiger partial charge in [0.05, 0.1) is 11.6 Å². The van der Waals surface area contributed by atoms with Crippen LogP contribution in [0.15, 0.2) is 48.7 Å². The van der Waals surface area contributed by atoms with E-state index in [4.69, 9.17) is 0 Å². The van der Waals surface area contributed by atoms with Crippen molar-refractivity contribution in [3.05, 3.63) is 65.7 Å². The van der Waals surface area contributed by atoms with E-state index in [0.717, 1.165) is 18.4 Å². The Morgan fingerprint density at radius 1 is 1.20 bits per heavy atom. The lowest BCUT2D eigenvalue weighted by molar-refractivity contribution is 0.0730. The van der Waals surface area contributed by atoms with Gasteiger partial charge in [-0.2, -0.15) is 4.39 Å². The first kappa shape index (κ1) is 12.8. The van der Waals surface area contributed by atoms with Crippen LogP contribution in [0.25, 0.3) is 0 Å². The molecule has 0 saturated carbocycles. The predicted octanol–water partition coefficient (Wildman–Crippen LogP) is 3.20. The zero-order valence-corrected chi connectivity index (χ0v) is 11.0. The minimum absolute atomic E-state index is 0.0308. The highest BCUT2D eigenvalue weighted by Gasteiger charge is 2.31. The molecule has 0 bridgehead atoms. The van der Waals surface area contributed by atoms with Crippen LogP contribution in [-0.4, -0.2) is 22.3 Å². The molecule has 0 spiro atoms. The second-order valence-corrected chi connectivity index (χ2v) is 4.91. The van der Waals surface area contributed by atoms with Gasteiger partial charge in [0, 0.05) is 12.7 Å². The molecule has 2 aromatic rings. The molecule has 0 N–H and O–H groups in total. The summed E-state index contributed by atoms with van der Waals surface area (Å²) in [7, 11) is 0. The number of halogens is 1. The number of hydrogen-bond donors (Lipinski definition) is 0. The van der Waals surface area contributed by atoms with Crippen molar-refractivity contribution in [1.29, 1.82) is 0 Å². The number of benzene rings is 1. The minimum atomic E-state index is -0.698. The van der Waals surface area contributed by atoms with Gasteiger partial charge in [-0.1, -0.05) is 30.3 Å². The zero-order valence-electron chi connectivity index (χ0n) is 11.0. The fourth-order valence-corrected chi connectivity index (χ4v) is 2.73. The van der Waals surface area contributed by atoms with E-state index in [9.17, 15) is 9.18 Å². The topological polar surface area (TPSA) is 33.2 Å². The molecule has 0 aliphatic carbocycles. The molecule has 1 aliphatic heterocycles. The standard InChI is InChI=1S/C16H15FN2O/c17-15-13(8-4-10-18-15)16(20)19-11-5-9-14(19)12-6-2-1-3-7-12/h1-4,6-8,10,14H,5,9,11H2. The van der Waals surface area contributed by atoms with Gasteiger partial charge in [-0.15, -0.1) is 0 Å². The number of pyridine rings is 1. The van der Waals surface area contributed by atoms with Gasteiger partial charge in [0.25, 0.3) is 5.91 Å². The molecule has 1 aliphatic rings. The Balaban J connectivity index is 1.90. The van der Waals surface area contributed by atoms with E-state index in [1.54, 1.807) is 11.0 Å². The van der Waals surface area contributed by atoms with Crippen LogP contribution in [0.1, 0.15) is 34.8 Å². The molecule has 1 fully saturated rings. The number of carbonyl (C=O) groups is 1. The molecule has 1 aromatic heterocycles. The molecule has 2 heterocycles. The monoisotopic (exact) mass is 270 g/mol. The third-order valence-electron chi connectivity index (χ3n) is 3.69. The van der Waals surface area contributed by atoms with E-state index < -0.39 is 5.95 Å². The van der Waals surface area contributed by atoms with Gasteiger partial charge in [-0.05, 0) is 30.5 Å². The van der Waals surface area contributed by atoms with Crippen molar-refractivity contribution in [2.75, 3.05) is 6.54 Å². The van der Waals surface area contributed by atoms with Crippen molar-refractivity contribution in [2.24, 2.45) is 0 Å². The summed E-state index contributed by atoms with van der Waals surface area (Å²) >= 11 is 0. The van der Waals surface area contributed by atoms with Gasteiger partial charge in [-0.25, -0.2) is 4.98 Å². The average Bonchev–Trinajstić information content (AvgIpc) is 2.97. The number of hydrogen-bond acceptors (Lipinski definition) is 2. The van der Waals surface area contributed by atoms with Crippen LogP contribution < -0.4 is 0 Å². The van der Waals surface area contributed by atoms with Crippen molar-refractivity contribution in [2.45, 2.75) is 18.9 Å². The largest absolute Gasteiger partial charge is 0.331 e. The number of carbonyl (C=O) groups excluding carboxylic acids is 1. The van der Waals surface area contributed by atoms with E-state index in [1.807, 2.05) is 30.3 Å². The maximum absolute atomic E-state index is 13.7. The maximum Gasteiger partial charge on any atom is 0.259 e. The number of rotatable bonds is 2. The van der Waals surface area contributed by atoms with Crippen LogP contribution >= 0.6 is 0 Å². The summed E-state index contributed by atoms with van der Waals surface area (Å²) in [5.74, 6) is -0.974. The molecule has 1 aromatic carbocycles. The van der Waals surface area contributed by atoms with Gasteiger partial charge in [-0.3, -0.25) is 4.79 Å². The molecule has 1 unspecified atom stereocenters. The summed E-state index contributed by atoms with van der Waals surface area (Å²) in [6.45, 7) is 0.659. The van der Waals surface area contributed by atoms with E-state index in [-0.39, 0.29) is 17.5 Å².